The Labute approximate surface area is 551 Å². The van der Waals surface area contributed by atoms with E-state index in [-0.39, 0.29) is 93.4 Å². The number of benzene rings is 2. The Morgan fingerprint density at radius 3 is 1.37 bits per heavy atom. The number of rotatable bonds is 4. The van der Waals surface area contributed by atoms with Crippen LogP contribution in [0, 0.1) is 51.8 Å². The van der Waals surface area contributed by atoms with Gasteiger partial charge in [-0.2, -0.15) is 0 Å². The van der Waals surface area contributed by atoms with Crippen LogP contribution in [0.25, 0.3) is 22.1 Å². The van der Waals surface area contributed by atoms with Gasteiger partial charge in [0.2, 0.25) is 23.6 Å². The summed E-state index contributed by atoms with van der Waals surface area (Å²) >= 11 is 0. The number of aryl methyl sites for hydroxylation is 2. The van der Waals surface area contributed by atoms with Gasteiger partial charge in [-0.05, 0) is 122 Å². The molecule has 90 heavy (non-hydrogen) atoms. The van der Waals surface area contributed by atoms with E-state index < -0.39 is 89.1 Å². The molecule has 2 radical (unpaired) electrons. The summed E-state index contributed by atoms with van der Waals surface area (Å²) in [6, 6.07) is 9.35. The molecule has 2 aromatic carbocycles. The Morgan fingerprint density at radius 1 is 0.544 bits per heavy atom. The van der Waals surface area contributed by atoms with Crippen molar-refractivity contribution in [3.05, 3.63) is 47.8 Å². The van der Waals surface area contributed by atoms with E-state index in [9.17, 15) is 37.5 Å². The molecule has 1 spiro atoms. The predicted octanol–water partition coefficient (Wildman–Crippen LogP) is 11.1. The minimum atomic E-state index is -2.91. The monoisotopic (exact) mass is 1320 g/mol. The largest absolute Gasteiger partial charge is 0.540 e. The number of fused-ring (bicyclic) bond motifs is 10. The first kappa shape index (κ1) is 70.4. The molecule has 488 valence electrons. The zero-order chi connectivity index (χ0) is 63.0. The SMILES string of the molecule is COc1ccc2nc3c(nc2c1)O[C@H]1CN(C(=O)[C@H](C(C)(C)C)CC(=O)O[C@@H]2CC(F)(F)C[C@H]2CCCCC3)[C@H]([C-]=O)[C@@H]1C.COc1ccc2nc3c(nc2c1)O[C@H]1CN(C(=O)[C@H](C(C)(C)C)CC(=O)O[C@@H]2CC4(CC4)C[C@H]2CCCCC3)[C@H]([C-]=O)[C@@H]1C.[V].[V]. The third-order valence-corrected chi connectivity index (χ3v) is 20.1. The average Bonchev–Trinajstić information content (AvgIpc) is 1.62. The first-order chi connectivity index (χ1) is 41.8. The molecule has 3 saturated carbocycles. The second-order valence-electron chi connectivity index (χ2n) is 28.5. The van der Waals surface area contributed by atoms with Crippen LogP contribution >= 0.6 is 0 Å². The molecule has 4 aromatic rings. The summed E-state index contributed by atoms with van der Waals surface area (Å²) < 4.78 is 64.6. The van der Waals surface area contributed by atoms with Crippen LogP contribution in [0.1, 0.15) is 170 Å². The number of halogens is 2. The number of ether oxygens (including phenoxy) is 6. The number of esters is 2. The molecule has 18 nitrogen and oxygen atoms in total. The second kappa shape index (κ2) is 28.8. The van der Waals surface area contributed by atoms with Crippen molar-refractivity contribution < 1.29 is 103 Å². The number of methoxy groups -OCH3 is 2. The maximum Gasteiger partial charge on any atom is 0.306 e. The fraction of sp³-hybridized carbons (Fsp3) is 0.676. The van der Waals surface area contributed by atoms with Gasteiger partial charge in [-0.1, -0.05) is 93.2 Å². The van der Waals surface area contributed by atoms with Gasteiger partial charge in [-0.3, -0.25) is 19.2 Å². The molecule has 0 N–H and O–H groups in total. The van der Waals surface area contributed by atoms with Crippen LogP contribution in [0.15, 0.2) is 36.4 Å². The summed E-state index contributed by atoms with van der Waals surface area (Å²) in [4.78, 5) is 102. The number of carbonyl (C=O) groups is 4. The molecule has 2 aromatic heterocycles. The normalized spacial score (nSPS) is 29.8. The van der Waals surface area contributed by atoms with Gasteiger partial charge in [0.05, 0.1) is 74.1 Å². The Kier molecular flexibility index (Phi) is 22.6. The first-order valence-corrected chi connectivity index (χ1v) is 32.0. The first-order valence-electron chi connectivity index (χ1n) is 32.0. The molecule has 2 saturated heterocycles. The zero-order valence-corrected chi connectivity index (χ0v) is 56.6. The van der Waals surface area contributed by atoms with Crippen LogP contribution < -0.4 is 18.9 Å². The zero-order valence-electron chi connectivity index (χ0n) is 53.8. The van der Waals surface area contributed by atoms with Crippen LogP contribution in [0.4, 0.5) is 8.78 Å². The van der Waals surface area contributed by atoms with Gasteiger partial charge in [0.1, 0.15) is 47.3 Å². The molecule has 4 aliphatic heterocycles. The van der Waals surface area contributed by atoms with Crippen LogP contribution in [0.2, 0.25) is 0 Å². The van der Waals surface area contributed by atoms with Crippen LogP contribution in [0.5, 0.6) is 23.3 Å². The van der Waals surface area contributed by atoms with Gasteiger partial charge in [0.25, 0.3) is 5.92 Å². The standard InChI is InChI=1S/C35H46N3O6.C33H42F2N3O6.2V/c1-21-28(20-39)38-19-30(21)44-32-26(36-25-12-11-23(42-5)15-27(25)37-32)10-8-6-7-9-22-17-35(13-14-35)18-29(22)43-31(40)16-24(33(38)41)34(2,3)4;1-19-26(18-39)38-17-28(19)44-30-24(36-23-12-11-21(42-5)13-25(23)37-30)10-8-6-7-9-20-15-33(34,35)16-27(20)43-29(40)14-22(31(38)41)32(2,3)4;;/h11-12,15,21-22,24,28-30H,6-10,13-14,16-19H2,1-5H3;11-13,19-20,22,26-28H,6-10,14-17H2,1-5H3;;/q2*-1;;/t21-,22+,24+,28+,29+,30-;19-,20+,22+,26+,27+,28-;;/m00../s1. The van der Waals surface area contributed by atoms with Gasteiger partial charge < -0.3 is 47.8 Å². The molecule has 7 aliphatic rings. The molecule has 5 fully saturated rings. The van der Waals surface area contributed by atoms with Crippen molar-refractivity contribution >= 4 is 58.4 Å². The summed E-state index contributed by atoms with van der Waals surface area (Å²) in [6.45, 7) is 15.4. The topological polar surface area (TPSA) is 216 Å². The van der Waals surface area contributed by atoms with E-state index in [1.165, 1.54) is 17.7 Å². The van der Waals surface area contributed by atoms with Gasteiger partial charge in [-0.15, -0.1) is 0 Å². The van der Waals surface area contributed by atoms with E-state index >= 15 is 0 Å². The maximum atomic E-state index is 14.5. The maximum absolute atomic E-state index is 14.5. The molecule has 4 bridgehead atoms. The Bertz CT molecular complexity index is 3050. The summed E-state index contributed by atoms with van der Waals surface area (Å²) in [7, 11) is 3.19. The minimum Gasteiger partial charge on any atom is -0.540 e. The fourth-order valence-electron chi connectivity index (χ4n) is 14.5. The Hall–Kier alpha value is -5.43. The van der Waals surface area contributed by atoms with Crippen LogP contribution in [-0.4, -0.2) is 136 Å². The quantitative estimate of drug-likeness (QED) is 0.137. The number of hydrogen-bond acceptors (Lipinski definition) is 16. The van der Waals surface area contributed by atoms with Gasteiger partial charge in [0, 0.05) is 68.0 Å². The van der Waals surface area contributed by atoms with E-state index in [1.807, 2.05) is 92.0 Å². The summed E-state index contributed by atoms with van der Waals surface area (Å²) in [5.41, 5.74) is 3.27. The number of aromatic nitrogens is 4. The summed E-state index contributed by atoms with van der Waals surface area (Å²) in [6.07, 6.45) is 13.4. The van der Waals surface area contributed by atoms with Crippen molar-refractivity contribution in [1.82, 2.24) is 29.7 Å². The molecule has 0 unspecified atom stereocenters. The Morgan fingerprint density at radius 2 is 0.967 bits per heavy atom. The molecule has 6 heterocycles. The molecular weight excluding hydrogens is 1230 g/mol. The second-order valence-corrected chi connectivity index (χ2v) is 28.5. The minimum absolute atomic E-state index is 0. The van der Waals surface area contributed by atoms with Crippen molar-refractivity contribution in [2.45, 2.75) is 213 Å². The van der Waals surface area contributed by atoms with E-state index in [0.29, 0.717) is 82.5 Å². The Balaban J connectivity index is 0.000000227. The van der Waals surface area contributed by atoms with E-state index in [1.54, 1.807) is 25.2 Å². The van der Waals surface area contributed by atoms with E-state index in [4.69, 9.17) is 48.4 Å². The van der Waals surface area contributed by atoms with Crippen molar-refractivity contribution in [3.8, 4) is 23.3 Å². The van der Waals surface area contributed by atoms with Crippen LogP contribution in [-0.2, 0) is 88.2 Å². The van der Waals surface area contributed by atoms with Crippen molar-refractivity contribution in [2.75, 3.05) is 27.3 Å². The number of nitrogens with zero attached hydrogens (tertiary/aromatic N) is 6. The van der Waals surface area contributed by atoms with Gasteiger partial charge >= 0.3 is 11.9 Å². The van der Waals surface area contributed by atoms with Crippen molar-refractivity contribution in [3.63, 3.8) is 0 Å². The van der Waals surface area contributed by atoms with Crippen LogP contribution in [0.3, 0.4) is 0 Å². The molecule has 12 atom stereocenters. The summed E-state index contributed by atoms with van der Waals surface area (Å²) in [5, 5.41) is 0. The smallest absolute Gasteiger partial charge is 0.306 e. The van der Waals surface area contributed by atoms with Gasteiger partial charge in [0.15, 0.2) is 0 Å². The fourth-order valence-corrected chi connectivity index (χ4v) is 14.5. The number of alkyl halides is 2. The third-order valence-electron chi connectivity index (χ3n) is 20.1. The van der Waals surface area contributed by atoms with Crippen molar-refractivity contribution in [2.24, 2.45) is 51.8 Å². The van der Waals surface area contributed by atoms with E-state index in [2.05, 4.69) is 6.29 Å². The predicted molar refractivity (Wildman–Crippen MR) is 323 cm³/mol. The third kappa shape index (κ3) is 16.0. The number of hydrogen-bond donors (Lipinski definition) is 0. The van der Waals surface area contributed by atoms with Crippen molar-refractivity contribution in [1.29, 1.82) is 0 Å². The molecule has 2 amide bonds. The van der Waals surface area contributed by atoms with E-state index in [0.717, 1.165) is 62.6 Å². The average molecular weight is 1320 g/mol. The van der Waals surface area contributed by atoms with Gasteiger partial charge in [-0.25, -0.2) is 41.3 Å². The molecule has 11 rings (SSSR count). The molecule has 22 heteroatoms. The number of carbonyl (C=O) groups excluding carboxylic acids is 6. The number of amides is 2. The molecule has 3 aliphatic carbocycles. The summed E-state index contributed by atoms with van der Waals surface area (Å²) in [5.74, 6) is -4.80. The molecular formula is C68H88F2N6O12V2-2.